The Balaban J connectivity index is 2.65. The Morgan fingerprint density at radius 3 is 2.50 bits per heavy atom. The summed E-state index contributed by atoms with van der Waals surface area (Å²) in [5.41, 5.74) is 0.680. The van der Waals surface area contributed by atoms with E-state index in [1.54, 1.807) is 6.07 Å². The van der Waals surface area contributed by atoms with Crippen molar-refractivity contribution in [3.05, 3.63) is 29.8 Å². The van der Waals surface area contributed by atoms with Gasteiger partial charge in [0.05, 0.1) is 17.9 Å². The molecule has 2 atom stereocenters. The van der Waals surface area contributed by atoms with E-state index in [9.17, 15) is 8.94 Å². The molecule has 5 heteroatoms. The minimum absolute atomic E-state index is 0.166. The van der Waals surface area contributed by atoms with Crippen molar-refractivity contribution in [2.45, 2.75) is 38.5 Å². The lowest BCUT2D eigenvalue weighted by atomic mass is 10.2. The summed E-state index contributed by atoms with van der Waals surface area (Å²) in [7, 11) is 0. The molecule has 0 saturated carbocycles. The maximum absolute atomic E-state index is 12.7. The predicted octanol–water partition coefficient (Wildman–Crippen LogP) is 2.33. The van der Waals surface area contributed by atoms with E-state index in [2.05, 4.69) is 9.71 Å². The number of halogens is 1. The Bertz CT molecular complexity index is 337. The normalized spacial score (nSPS) is 15.9. The van der Waals surface area contributed by atoms with Crippen LogP contribution < -0.4 is 4.72 Å². The summed E-state index contributed by atoms with van der Waals surface area (Å²) in [6.07, 6.45) is 1.16. The number of aromatic nitrogens is 1. The minimum Gasteiger partial charge on any atom is -0.598 e. The fraction of sp³-hybridized carbons (Fsp3) is 0.545. The molecule has 1 unspecified atom stereocenters. The summed E-state index contributed by atoms with van der Waals surface area (Å²) in [6.45, 7) is 7.52. The second-order valence-corrected chi connectivity index (χ2v) is 6.62. The molecular formula is C11H17FN2OS. The number of nitrogens with zero attached hydrogens (tertiary/aromatic N) is 1. The number of nitrogens with one attached hydrogen (secondary N) is 1. The molecule has 0 fully saturated rings. The molecule has 0 spiro atoms. The molecule has 0 aliphatic heterocycles. The lowest BCUT2D eigenvalue weighted by molar-refractivity contribution is 0.528. The monoisotopic (exact) mass is 244 g/mol. The highest BCUT2D eigenvalue weighted by molar-refractivity contribution is 7.90. The summed E-state index contributed by atoms with van der Waals surface area (Å²) in [4.78, 5) is 3.94. The number of hydrogen-bond acceptors (Lipinski definition) is 3. The Hall–Kier alpha value is -0.650. The van der Waals surface area contributed by atoms with Crippen LogP contribution in [0, 0.1) is 5.82 Å². The number of hydrogen-bond donors (Lipinski definition) is 1. The third-order valence-corrected chi connectivity index (χ3v) is 3.71. The predicted molar refractivity (Wildman–Crippen MR) is 63.6 cm³/mol. The van der Waals surface area contributed by atoms with Gasteiger partial charge in [0.15, 0.2) is 0 Å². The van der Waals surface area contributed by atoms with Crippen molar-refractivity contribution in [1.29, 1.82) is 0 Å². The van der Waals surface area contributed by atoms with Gasteiger partial charge in [0.25, 0.3) is 0 Å². The van der Waals surface area contributed by atoms with Crippen LogP contribution in [0.5, 0.6) is 0 Å². The molecule has 1 aromatic heterocycles. The van der Waals surface area contributed by atoms with Crippen LogP contribution in [0.3, 0.4) is 0 Å². The van der Waals surface area contributed by atoms with Crippen molar-refractivity contribution in [2.24, 2.45) is 0 Å². The number of pyridine rings is 1. The summed E-state index contributed by atoms with van der Waals surface area (Å²) in [6, 6.07) is 2.77. The standard InChI is InChI=1S/C11H17FN2OS/c1-8(14-16(15)11(2,3)4)10-6-5-9(12)7-13-10/h5-8,14H,1-4H3/t8-,16?/m1/s1. The lowest BCUT2D eigenvalue weighted by Gasteiger charge is -2.26. The van der Waals surface area contributed by atoms with Gasteiger partial charge in [0, 0.05) is 11.4 Å². The molecule has 1 heterocycles. The highest BCUT2D eigenvalue weighted by atomic mass is 32.2. The van der Waals surface area contributed by atoms with Crippen LogP contribution in [-0.2, 0) is 11.4 Å². The average molecular weight is 244 g/mol. The summed E-state index contributed by atoms with van der Waals surface area (Å²) < 4.78 is 27.1. The molecule has 3 nitrogen and oxygen atoms in total. The zero-order valence-corrected chi connectivity index (χ0v) is 10.8. The molecule has 1 rings (SSSR count). The van der Waals surface area contributed by atoms with E-state index in [4.69, 9.17) is 0 Å². The van der Waals surface area contributed by atoms with Gasteiger partial charge in [-0.15, -0.1) is 4.72 Å². The molecule has 0 aliphatic rings. The van der Waals surface area contributed by atoms with Gasteiger partial charge >= 0.3 is 0 Å². The zero-order chi connectivity index (χ0) is 12.3. The van der Waals surface area contributed by atoms with Crippen LogP contribution >= 0.6 is 0 Å². The van der Waals surface area contributed by atoms with Gasteiger partial charge in [-0.05, 0) is 39.8 Å². The zero-order valence-electron chi connectivity index (χ0n) is 9.95. The summed E-state index contributed by atoms with van der Waals surface area (Å²) >= 11 is -1.16. The highest BCUT2D eigenvalue weighted by Crippen LogP contribution is 2.18. The fourth-order valence-electron chi connectivity index (χ4n) is 1.04. The largest absolute Gasteiger partial charge is 0.598 e. The van der Waals surface area contributed by atoms with E-state index in [0.717, 1.165) is 6.20 Å². The van der Waals surface area contributed by atoms with Crippen molar-refractivity contribution >= 4 is 11.4 Å². The van der Waals surface area contributed by atoms with Crippen LogP contribution in [0.4, 0.5) is 4.39 Å². The average Bonchev–Trinajstić information content (AvgIpc) is 2.17. The SMILES string of the molecule is C[C@@H](N[S+]([O-])C(C)(C)C)c1ccc(F)cn1. The minimum atomic E-state index is -1.16. The van der Waals surface area contributed by atoms with Gasteiger partial charge in [-0.3, -0.25) is 4.98 Å². The quantitative estimate of drug-likeness (QED) is 0.830. The molecular weight excluding hydrogens is 227 g/mol. The Morgan fingerprint density at radius 1 is 1.44 bits per heavy atom. The van der Waals surface area contributed by atoms with Crippen molar-refractivity contribution in [3.8, 4) is 0 Å². The van der Waals surface area contributed by atoms with Crippen LogP contribution in [0.15, 0.2) is 18.3 Å². The van der Waals surface area contributed by atoms with E-state index in [-0.39, 0.29) is 16.6 Å². The highest BCUT2D eigenvalue weighted by Gasteiger charge is 2.28. The first-order valence-electron chi connectivity index (χ1n) is 5.10. The van der Waals surface area contributed by atoms with Crippen molar-refractivity contribution in [1.82, 2.24) is 9.71 Å². The Labute approximate surface area is 98.8 Å². The van der Waals surface area contributed by atoms with Gasteiger partial charge in [-0.25, -0.2) is 4.39 Å². The molecule has 1 aromatic rings. The third-order valence-electron chi connectivity index (χ3n) is 2.03. The second kappa shape index (κ2) is 5.12. The Kier molecular flexibility index (Phi) is 4.29. The first-order chi connectivity index (χ1) is 7.30. The first-order valence-corrected chi connectivity index (χ1v) is 6.25. The van der Waals surface area contributed by atoms with E-state index < -0.39 is 11.4 Å². The van der Waals surface area contributed by atoms with Crippen molar-refractivity contribution in [3.63, 3.8) is 0 Å². The van der Waals surface area contributed by atoms with E-state index in [0.29, 0.717) is 5.69 Å². The van der Waals surface area contributed by atoms with Crippen LogP contribution in [0.2, 0.25) is 0 Å². The van der Waals surface area contributed by atoms with Crippen LogP contribution in [-0.4, -0.2) is 14.3 Å². The maximum atomic E-state index is 12.7. The van der Waals surface area contributed by atoms with Crippen LogP contribution in [0.25, 0.3) is 0 Å². The molecule has 0 aromatic carbocycles. The first kappa shape index (κ1) is 13.4. The molecule has 1 N–H and O–H groups in total. The van der Waals surface area contributed by atoms with Gasteiger partial charge in [-0.1, -0.05) is 0 Å². The van der Waals surface area contributed by atoms with Gasteiger partial charge < -0.3 is 4.55 Å². The van der Waals surface area contributed by atoms with E-state index >= 15 is 0 Å². The van der Waals surface area contributed by atoms with E-state index in [1.807, 2.05) is 27.7 Å². The van der Waals surface area contributed by atoms with Crippen LogP contribution in [0.1, 0.15) is 39.4 Å². The fourth-order valence-corrected chi connectivity index (χ4v) is 1.84. The van der Waals surface area contributed by atoms with E-state index in [1.165, 1.54) is 6.07 Å². The van der Waals surface area contributed by atoms with Crippen molar-refractivity contribution in [2.75, 3.05) is 0 Å². The lowest BCUT2D eigenvalue weighted by Crippen LogP contribution is -2.40. The summed E-state index contributed by atoms with van der Waals surface area (Å²) in [5.74, 6) is -0.368. The smallest absolute Gasteiger partial charge is 0.141 e. The third kappa shape index (κ3) is 3.73. The molecule has 90 valence electrons. The molecule has 0 aliphatic carbocycles. The maximum Gasteiger partial charge on any atom is 0.141 e. The molecule has 0 radical (unpaired) electrons. The van der Waals surface area contributed by atoms with Crippen molar-refractivity contribution < 1.29 is 8.94 Å². The number of rotatable bonds is 3. The van der Waals surface area contributed by atoms with Gasteiger partial charge in [0.2, 0.25) is 0 Å². The summed E-state index contributed by atoms with van der Waals surface area (Å²) in [5, 5.41) is 0. The van der Waals surface area contributed by atoms with Gasteiger partial charge in [0.1, 0.15) is 10.6 Å². The molecule has 0 saturated heterocycles. The Morgan fingerprint density at radius 2 is 2.06 bits per heavy atom. The topological polar surface area (TPSA) is 48.0 Å². The van der Waals surface area contributed by atoms with Gasteiger partial charge in [-0.2, -0.15) is 0 Å². The second-order valence-electron chi connectivity index (χ2n) is 4.62. The molecule has 0 amide bonds. The molecule has 16 heavy (non-hydrogen) atoms. The molecule has 0 bridgehead atoms.